The molecule has 0 aromatic heterocycles. The van der Waals surface area contributed by atoms with Crippen LogP contribution in [0.3, 0.4) is 0 Å². The minimum absolute atomic E-state index is 0. The van der Waals surface area contributed by atoms with E-state index in [0.29, 0.717) is 11.8 Å². The summed E-state index contributed by atoms with van der Waals surface area (Å²) in [5.74, 6) is 1.15. The van der Waals surface area contributed by atoms with Gasteiger partial charge in [0, 0.05) is 0 Å². The third kappa shape index (κ3) is 6.07. The van der Waals surface area contributed by atoms with Crippen LogP contribution in [0.1, 0.15) is 50.7 Å². The molecule has 0 N–H and O–H groups in total. The van der Waals surface area contributed by atoms with Gasteiger partial charge in [-0.3, -0.25) is 0 Å². The van der Waals surface area contributed by atoms with Crippen LogP contribution < -0.4 is 108 Å². The topological polar surface area (TPSA) is 0 Å². The molecule has 1 aromatic carbocycles. The Hall–Kier alpha value is 2.92. The number of hydrogen-bond acceptors (Lipinski definition) is 0. The molecule has 3 heteroatoms. The maximum Gasteiger partial charge on any atom is 1.00 e. The van der Waals surface area contributed by atoms with Gasteiger partial charge in [0.1, 0.15) is 0 Å². The van der Waals surface area contributed by atoms with Gasteiger partial charge >= 0.3 is 103 Å². The average Bonchev–Trinajstić information content (AvgIpc) is 2.02. The molecule has 0 unspecified atom stereocenters. The summed E-state index contributed by atoms with van der Waals surface area (Å²) in [5.41, 5.74) is 2.84. The Balaban J connectivity index is 0. The molecule has 0 nitrogen and oxygen atoms in total. The predicted molar refractivity (Wildman–Crippen MR) is 61.2 cm³/mol. The minimum Gasteiger partial charge on any atom is -1.45 e. The molecular weight excluding hydrogens is 253 g/mol. The Morgan fingerprint density at radius 2 is 1.47 bits per heavy atom. The maximum atomic E-state index is 4.50. The van der Waals surface area contributed by atoms with Crippen LogP contribution in [0.5, 0.6) is 0 Å². The molecule has 0 radical (unpaired) electrons. The van der Waals surface area contributed by atoms with Gasteiger partial charge in [0.15, 0.2) is 0 Å². The van der Waals surface area contributed by atoms with Gasteiger partial charge in [-0.1, -0.05) is 45.4 Å². The second-order valence-electron chi connectivity index (χ2n) is 4.09. The van der Waals surface area contributed by atoms with Gasteiger partial charge in [0.25, 0.3) is 0 Å². The van der Waals surface area contributed by atoms with E-state index in [1.54, 1.807) is 0 Å². The van der Waals surface area contributed by atoms with Crippen molar-refractivity contribution in [2.75, 3.05) is 0 Å². The smallest absolute Gasteiger partial charge is 1.00 e. The van der Waals surface area contributed by atoms with E-state index in [1.807, 2.05) is 0 Å². The van der Waals surface area contributed by atoms with E-state index in [2.05, 4.69) is 55.1 Å². The fourth-order valence-corrected chi connectivity index (χ4v) is 2.18. The molecule has 1 rings (SSSR count). The number of hydrogen-bond donors (Lipinski definition) is 0. The van der Waals surface area contributed by atoms with E-state index in [-0.39, 0.29) is 103 Å². The molecule has 0 spiro atoms. The van der Waals surface area contributed by atoms with Crippen molar-refractivity contribution in [3.05, 3.63) is 29.3 Å². The molecule has 0 amide bonds. The Labute approximate surface area is 182 Å². The molecule has 15 heavy (non-hydrogen) atoms. The zero-order chi connectivity index (χ0) is 10.0. The first kappa shape index (κ1) is 20.2. The van der Waals surface area contributed by atoms with Gasteiger partial charge in [-0.2, -0.15) is 0 Å². The van der Waals surface area contributed by atoms with Crippen molar-refractivity contribution < 1.29 is 103 Å². The van der Waals surface area contributed by atoms with Gasteiger partial charge in [-0.25, -0.2) is 0 Å². The minimum atomic E-state index is 0. The largest absolute Gasteiger partial charge is 1.45 e. The maximum absolute atomic E-state index is 4.50. The van der Waals surface area contributed by atoms with Gasteiger partial charge in [0.2, 0.25) is 0 Å². The first-order chi connectivity index (χ1) is 6.04. The van der Waals surface area contributed by atoms with Crippen LogP contribution in [0, 0.1) is 0 Å². The summed E-state index contributed by atoms with van der Waals surface area (Å²) < 4.78 is 0. The Morgan fingerprint density at radius 1 is 0.933 bits per heavy atom. The quantitative estimate of drug-likeness (QED) is 0.430. The summed E-state index contributed by atoms with van der Waals surface area (Å²) in [6, 6.07) is 6.37. The van der Waals surface area contributed by atoms with E-state index >= 15 is 0 Å². The van der Waals surface area contributed by atoms with Gasteiger partial charge in [0.05, 0.1) is 0 Å². The van der Waals surface area contributed by atoms with Crippen molar-refractivity contribution in [1.29, 1.82) is 0 Å². The monoisotopic (exact) mass is 270 g/mol. The molecule has 0 heterocycles. The summed E-state index contributed by atoms with van der Waals surface area (Å²) in [6.45, 7) is 8.91. The SMILES string of the molecule is CC(C)c1cccc([P-2])c1C(C)C.[K+].[K+]. The Morgan fingerprint density at radius 3 is 1.80 bits per heavy atom. The van der Waals surface area contributed by atoms with Crippen LogP contribution in [0.15, 0.2) is 18.2 Å². The van der Waals surface area contributed by atoms with E-state index in [1.165, 1.54) is 11.1 Å². The van der Waals surface area contributed by atoms with Crippen molar-refractivity contribution in [2.45, 2.75) is 39.5 Å². The van der Waals surface area contributed by atoms with Crippen LogP contribution in [-0.4, -0.2) is 0 Å². The van der Waals surface area contributed by atoms with Crippen LogP contribution in [-0.2, 0) is 0 Å². The first-order valence-electron chi connectivity index (χ1n) is 4.85. The Bertz CT molecular complexity index is 296. The molecule has 0 aliphatic carbocycles. The van der Waals surface area contributed by atoms with Crippen LogP contribution in [0.25, 0.3) is 0 Å². The fraction of sp³-hybridized carbons (Fsp3) is 0.500. The van der Waals surface area contributed by atoms with Gasteiger partial charge in [-0.15, -0.1) is 6.07 Å². The van der Waals surface area contributed by atoms with Crippen LogP contribution in [0.2, 0.25) is 0 Å². The molecule has 1 aromatic rings. The summed E-state index contributed by atoms with van der Waals surface area (Å²) in [7, 11) is 4.50. The van der Waals surface area contributed by atoms with Gasteiger partial charge < -0.3 is 14.5 Å². The van der Waals surface area contributed by atoms with E-state index < -0.39 is 0 Å². The van der Waals surface area contributed by atoms with Crippen LogP contribution in [0.4, 0.5) is 0 Å². The van der Waals surface area contributed by atoms with Crippen molar-refractivity contribution in [3.63, 3.8) is 0 Å². The van der Waals surface area contributed by atoms with Crippen molar-refractivity contribution in [3.8, 4) is 0 Å². The third-order valence-corrected chi connectivity index (χ3v) is 2.71. The molecule has 0 atom stereocenters. The van der Waals surface area contributed by atoms with E-state index in [0.717, 1.165) is 5.30 Å². The van der Waals surface area contributed by atoms with Crippen molar-refractivity contribution >= 4 is 14.5 Å². The average molecular weight is 270 g/mol. The molecule has 0 aliphatic rings. The van der Waals surface area contributed by atoms with Crippen molar-refractivity contribution in [1.82, 2.24) is 0 Å². The normalized spacial score (nSPS) is 9.80. The molecule has 0 fully saturated rings. The molecular formula is C12H17K2P. The molecule has 0 bridgehead atoms. The second kappa shape index (κ2) is 9.80. The van der Waals surface area contributed by atoms with Gasteiger partial charge in [-0.05, 0) is 17.4 Å². The first-order valence-corrected chi connectivity index (χ1v) is 5.30. The summed E-state index contributed by atoms with van der Waals surface area (Å²) in [6.07, 6.45) is 0. The summed E-state index contributed by atoms with van der Waals surface area (Å²) in [5, 5.41) is 1.13. The zero-order valence-corrected chi connectivity index (χ0v) is 18.0. The second-order valence-corrected chi connectivity index (χ2v) is 4.57. The summed E-state index contributed by atoms with van der Waals surface area (Å²) in [4.78, 5) is 0. The van der Waals surface area contributed by atoms with E-state index in [4.69, 9.17) is 0 Å². The molecule has 0 saturated carbocycles. The van der Waals surface area contributed by atoms with Crippen molar-refractivity contribution in [2.24, 2.45) is 0 Å². The van der Waals surface area contributed by atoms with E-state index in [9.17, 15) is 0 Å². The number of benzene rings is 1. The third-order valence-electron chi connectivity index (χ3n) is 2.32. The fourth-order valence-electron chi connectivity index (χ4n) is 1.70. The number of rotatable bonds is 2. The Kier molecular flexibility index (Phi) is 13.2. The zero-order valence-electron chi connectivity index (χ0n) is 10.8. The molecule has 72 valence electrons. The summed E-state index contributed by atoms with van der Waals surface area (Å²) >= 11 is 0. The standard InChI is InChI=1S/C12H17P.2K/c1-8(2)10-6-5-7-11(13)12(10)9(3)4;;/h5-9H,1-4H3;;/q-2;2*+1. The molecule has 0 saturated heterocycles. The molecule has 0 aliphatic heterocycles. The van der Waals surface area contributed by atoms with Crippen LogP contribution >= 0.6 is 9.24 Å². The predicted octanol–water partition coefficient (Wildman–Crippen LogP) is -2.02.